The van der Waals surface area contributed by atoms with E-state index in [9.17, 15) is 0 Å². The van der Waals surface area contributed by atoms with E-state index in [0.717, 1.165) is 18.0 Å². The summed E-state index contributed by atoms with van der Waals surface area (Å²) in [4.78, 5) is 2.36. The third-order valence-corrected chi connectivity index (χ3v) is 2.80. The van der Waals surface area contributed by atoms with Gasteiger partial charge in [0.25, 0.3) is 0 Å². The van der Waals surface area contributed by atoms with E-state index in [0.29, 0.717) is 0 Å². The maximum Gasteiger partial charge on any atom is 0.0991 e. The Morgan fingerprint density at radius 2 is 2.00 bits per heavy atom. The summed E-state index contributed by atoms with van der Waals surface area (Å²) in [5, 5.41) is 8.68. The number of rotatable bonds is 4. The van der Waals surface area contributed by atoms with E-state index >= 15 is 0 Å². The molecule has 1 aromatic carbocycles. The number of benzene rings is 1. The van der Waals surface area contributed by atoms with Gasteiger partial charge < -0.3 is 4.90 Å². The van der Waals surface area contributed by atoms with Gasteiger partial charge in [-0.05, 0) is 43.5 Å². The minimum Gasteiger partial charge on any atom is -0.302 e. The van der Waals surface area contributed by atoms with E-state index in [-0.39, 0.29) is 0 Å². The number of hydrogen-bond donors (Lipinski definition) is 0. The first-order valence-corrected chi connectivity index (χ1v) is 5.45. The van der Waals surface area contributed by atoms with Crippen molar-refractivity contribution in [2.45, 2.75) is 19.4 Å². The summed E-state index contributed by atoms with van der Waals surface area (Å²) in [7, 11) is 2.16. The molecule has 0 amide bonds. The Morgan fingerprint density at radius 1 is 1.33 bits per heavy atom. The first-order valence-electron chi connectivity index (χ1n) is 5.45. The predicted octanol–water partition coefficient (Wildman–Crippen LogP) is 2.40. The molecular formula is C13H16N2. The standard InChI is InChI=1S/C13H16N2/c1-15(10-13-6-7-13)9-12-4-2-11(8-14)3-5-12/h2-5,13H,6-7,9-10H2,1H3. The van der Waals surface area contributed by atoms with Gasteiger partial charge in [-0.1, -0.05) is 12.1 Å². The fourth-order valence-corrected chi connectivity index (χ4v) is 1.80. The van der Waals surface area contributed by atoms with Crippen molar-refractivity contribution in [3.63, 3.8) is 0 Å². The summed E-state index contributed by atoms with van der Waals surface area (Å²) >= 11 is 0. The lowest BCUT2D eigenvalue weighted by molar-refractivity contribution is 0.313. The van der Waals surface area contributed by atoms with Gasteiger partial charge in [0.1, 0.15) is 0 Å². The van der Waals surface area contributed by atoms with Crippen LogP contribution >= 0.6 is 0 Å². The van der Waals surface area contributed by atoms with Crippen molar-refractivity contribution in [1.82, 2.24) is 4.90 Å². The highest BCUT2D eigenvalue weighted by Crippen LogP contribution is 2.29. The highest BCUT2D eigenvalue weighted by molar-refractivity contribution is 5.31. The maximum atomic E-state index is 8.68. The monoisotopic (exact) mass is 200 g/mol. The van der Waals surface area contributed by atoms with Crippen LogP contribution in [0.4, 0.5) is 0 Å². The smallest absolute Gasteiger partial charge is 0.0991 e. The van der Waals surface area contributed by atoms with Crippen molar-refractivity contribution in [1.29, 1.82) is 5.26 Å². The van der Waals surface area contributed by atoms with Crippen molar-refractivity contribution < 1.29 is 0 Å². The van der Waals surface area contributed by atoms with Crippen molar-refractivity contribution in [3.8, 4) is 6.07 Å². The van der Waals surface area contributed by atoms with Crippen LogP contribution < -0.4 is 0 Å². The Labute approximate surface area is 91.1 Å². The summed E-state index contributed by atoms with van der Waals surface area (Å²) in [6.07, 6.45) is 2.80. The SMILES string of the molecule is CN(Cc1ccc(C#N)cc1)CC1CC1. The molecule has 2 rings (SSSR count). The van der Waals surface area contributed by atoms with Gasteiger partial charge in [0, 0.05) is 13.1 Å². The van der Waals surface area contributed by atoms with Crippen molar-refractivity contribution in [2.24, 2.45) is 5.92 Å². The van der Waals surface area contributed by atoms with Crippen LogP contribution in [0.25, 0.3) is 0 Å². The quantitative estimate of drug-likeness (QED) is 0.746. The predicted molar refractivity (Wildman–Crippen MR) is 60.2 cm³/mol. The van der Waals surface area contributed by atoms with Crippen LogP contribution in [-0.4, -0.2) is 18.5 Å². The van der Waals surface area contributed by atoms with Gasteiger partial charge in [0.05, 0.1) is 11.6 Å². The zero-order valence-electron chi connectivity index (χ0n) is 9.11. The summed E-state index contributed by atoms with van der Waals surface area (Å²) < 4.78 is 0. The molecule has 1 fully saturated rings. The Balaban J connectivity index is 1.89. The summed E-state index contributed by atoms with van der Waals surface area (Å²) in [5.41, 5.74) is 2.03. The third kappa shape index (κ3) is 3.07. The number of nitriles is 1. The Bertz CT molecular complexity index is 357. The molecule has 15 heavy (non-hydrogen) atoms. The Hall–Kier alpha value is -1.33. The van der Waals surface area contributed by atoms with Crippen LogP contribution in [0.1, 0.15) is 24.0 Å². The van der Waals surface area contributed by atoms with E-state index < -0.39 is 0 Å². The lowest BCUT2D eigenvalue weighted by atomic mass is 10.1. The second-order valence-electron chi connectivity index (χ2n) is 4.45. The molecule has 1 saturated carbocycles. The molecule has 2 heteroatoms. The Morgan fingerprint density at radius 3 is 2.53 bits per heavy atom. The highest BCUT2D eigenvalue weighted by atomic mass is 15.1. The van der Waals surface area contributed by atoms with Gasteiger partial charge in [-0.15, -0.1) is 0 Å². The second kappa shape index (κ2) is 4.46. The van der Waals surface area contributed by atoms with Crippen LogP contribution in [0.5, 0.6) is 0 Å². The summed E-state index contributed by atoms with van der Waals surface area (Å²) in [6, 6.07) is 10.0. The van der Waals surface area contributed by atoms with E-state index in [2.05, 4.69) is 18.0 Å². The minimum atomic E-state index is 0.739. The summed E-state index contributed by atoms with van der Waals surface area (Å²) in [6.45, 7) is 2.20. The molecule has 0 atom stereocenters. The maximum absolute atomic E-state index is 8.68. The zero-order valence-corrected chi connectivity index (χ0v) is 9.11. The van der Waals surface area contributed by atoms with Gasteiger partial charge in [-0.3, -0.25) is 0 Å². The van der Waals surface area contributed by atoms with Crippen LogP contribution in [-0.2, 0) is 6.54 Å². The molecule has 1 aromatic rings. The molecule has 1 aliphatic rings. The van der Waals surface area contributed by atoms with Gasteiger partial charge in [-0.2, -0.15) is 5.26 Å². The van der Waals surface area contributed by atoms with E-state index in [1.165, 1.54) is 24.9 Å². The molecule has 0 aliphatic heterocycles. The second-order valence-corrected chi connectivity index (χ2v) is 4.45. The molecule has 0 saturated heterocycles. The molecule has 78 valence electrons. The van der Waals surface area contributed by atoms with Crippen LogP contribution in [0.2, 0.25) is 0 Å². The number of nitrogens with zero attached hydrogens (tertiary/aromatic N) is 2. The summed E-state index contributed by atoms with van der Waals surface area (Å²) in [5.74, 6) is 0.938. The van der Waals surface area contributed by atoms with Crippen LogP contribution in [0, 0.1) is 17.2 Å². The average Bonchev–Trinajstić information content (AvgIpc) is 3.03. The molecule has 0 heterocycles. The van der Waals surface area contributed by atoms with Crippen LogP contribution in [0.3, 0.4) is 0 Å². The van der Waals surface area contributed by atoms with E-state index in [1.54, 1.807) is 0 Å². The largest absolute Gasteiger partial charge is 0.302 e. The van der Waals surface area contributed by atoms with Crippen LogP contribution in [0.15, 0.2) is 24.3 Å². The van der Waals surface area contributed by atoms with Gasteiger partial charge in [-0.25, -0.2) is 0 Å². The molecule has 0 aromatic heterocycles. The molecule has 1 aliphatic carbocycles. The normalized spacial score (nSPS) is 15.3. The lowest BCUT2D eigenvalue weighted by Gasteiger charge is -2.15. The zero-order chi connectivity index (χ0) is 10.7. The molecule has 0 N–H and O–H groups in total. The van der Waals surface area contributed by atoms with E-state index in [1.807, 2.05) is 24.3 Å². The van der Waals surface area contributed by atoms with Gasteiger partial charge in [0.2, 0.25) is 0 Å². The minimum absolute atomic E-state index is 0.739. The number of hydrogen-bond acceptors (Lipinski definition) is 2. The molecule has 0 spiro atoms. The van der Waals surface area contributed by atoms with Crippen molar-refractivity contribution in [2.75, 3.05) is 13.6 Å². The highest BCUT2D eigenvalue weighted by Gasteiger charge is 2.22. The topological polar surface area (TPSA) is 27.0 Å². The van der Waals surface area contributed by atoms with Gasteiger partial charge in [0.15, 0.2) is 0 Å². The van der Waals surface area contributed by atoms with E-state index in [4.69, 9.17) is 5.26 Å². The first-order chi connectivity index (χ1) is 7.28. The first kappa shape index (κ1) is 10.2. The lowest BCUT2D eigenvalue weighted by Crippen LogP contribution is -2.20. The molecule has 2 nitrogen and oxygen atoms in total. The van der Waals surface area contributed by atoms with Crippen molar-refractivity contribution in [3.05, 3.63) is 35.4 Å². The molecular weight excluding hydrogens is 184 g/mol. The molecule has 0 radical (unpaired) electrons. The Kier molecular flexibility index (Phi) is 3.03. The third-order valence-electron chi connectivity index (χ3n) is 2.80. The fraction of sp³-hybridized carbons (Fsp3) is 0.462. The molecule has 0 bridgehead atoms. The van der Waals surface area contributed by atoms with Gasteiger partial charge >= 0.3 is 0 Å². The fourth-order valence-electron chi connectivity index (χ4n) is 1.80. The average molecular weight is 200 g/mol. The molecule has 0 unspecified atom stereocenters. The van der Waals surface area contributed by atoms with Crippen molar-refractivity contribution >= 4 is 0 Å².